The topological polar surface area (TPSA) is 228 Å². The Bertz CT molecular complexity index is 1530. The molecule has 3 aromatic carbocycles. The molecule has 0 atom stereocenters. The number of aliphatic hydroxyl groups excluding tert-OH is 4. The molecule has 288 valence electrons. The summed E-state index contributed by atoms with van der Waals surface area (Å²) < 4.78 is 0. The normalized spacial score (nSPS) is 9.83. The molecule has 0 spiro atoms. The number of aromatic hydroxyl groups is 1. The van der Waals surface area contributed by atoms with Crippen molar-refractivity contribution in [2.75, 3.05) is 20.3 Å². The first-order chi connectivity index (χ1) is 24.3. The third-order valence-electron chi connectivity index (χ3n) is 6.16. The van der Waals surface area contributed by atoms with Gasteiger partial charge in [-0.3, -0.25) is 24.9 Å². The Labute approximate surface area is 310 Å². The summed E-state index contributed by atoms with van der Waals surface area (Å²) in [6.45, 7) is 5.95. The van der Waals surface area contributed by atoms with E-state index in [2.05, 4.69) is 9.78 Å². The van der Waals surface area contributed by atoms with Crippen molar-refractivity contribution in [3.8, 4) is 5.75 Å². The maximum Gasteiger partial charge on any atom is 0.152 e. The largest absolute Gasteiger partial charge is 0.508 e. The highest BCUT2D eigenvalue weighted by atomic mass is 35.5. The van der Waals surface area contributed by atoms with Crippen LogP contribution in [0.25, 0.3) is 12.2 Å². The van der Waals surface area contributed by atoms with Crippen molar-refractivity contribution in [2.24, 2.45) is 0 Å². The summed E-state index contributed by atoms with van der Waals surface area (Å²) >= 11 is 0. The molecule has 13 nitrogen and oxygen atoms in total. The van der Waals surface area contributed by atoms with E-state index in [1.807, 2.05) is 18.2 Å². The second-order valence-electron chi connectivity index (χ2n) is 10.5. The number of aliphatic hydroxyl groups is 4. The lowest BCUT2D eigenvalue weighted by Gasteiger charge is -2.07. The maximum absolute atomic E-state index is 10.8. The summed E-state index contributed by atoms with van der Waals surface area (Å²) in [6.07, 6.45) is 8.02. The summed E-state index contributed by atoms with van der Waals surface area (Å²) in [5.74, 6) is 0.171. The van der Waals surface area contributed by atoms with Gasteiger partial charge < -0.3 is 30.3 Å². The third-order valence-corrected chi connectivity index (χ3v) is 6.16. The van der Waals surface area contributed by atoms with Crippen LogP contribution in [0.1, 0.15) is 77.0 Å². The zero-order chi connectivity index (χ0) is 39.2. The molecule has 0 bridgehead atoms. The van der Waals surface area contributed by atoms with Crippen LogP contribution in [-0.4, -0.2) is 80.0 Å². The van der Waals surface area contributed by atoms with Gasteiger partial charge in [0.1, 0.15) is 17.8 Å². The number of Topliss-reactive ketones (excluding diaryl/α,β-unsaturated/α-hetero) is 1. The predicted molar refractivity (Wildman–Crippen MR) is 200 cm³/mol. The fourth-order valence-electron chi connectivity index (χ4n) is 3.82. The van der Waals surface area contributed by atoms with E-state index < -0.39 is 0 Å². The summed E-state index contributed by atoms with van der Waals surface area (Å²) in [5, 5.41) is 59.8. The number of carbonyl (C=O) groups is 4. The predicted octanol–water partition coefficient (Wildman–Crippen LogP) is 4.95. The molecule has 0 heterocycles. The van der Waals surface area contributed by atoms with Crippen LogP contribution in [0.4, 0.5) is 0 Å². The van der Waals surface area contributed by atoms with Crippen molar-refractivity contribution in [2.45, 2.75) is 60.4 Å². The highest BCUT2D eigenvalue weighted by molar-refractivity contribution is 5.92. The van der Waals surface area contributed by atoms with Crippen LogP contribution in [0, 0.1) is 0 Å². The highest BCUT2D eigenvalue weighted by Gasteiger charge is 2.04. The summed E-state index contributed by atoms with van der Waals surface area (Å²) in [5.41, 5.74) is 5.87. The molecule has 0 unspecified atom stereocenters. The first-order valence-electron chi connectivity index (χ1n) is 15.5. The van der Waals surface area contributed by atoms with Gasteiger partial charge in [-0.15, -0.1) is 12.4 Å². The van der Waals surface area contributed by atoms with E-state index in [1.165, 1.54) is 45.9 Å². The Kier molecular flexibility index (Phi) is 32.5. The standard InChI is InChI=1S/C13H16O4.C11H12O3.C10H12O4.C3H6O.CH4O.ClH/c1-10(15)2-3-11-4-5-12(6-7-17-16)13(8-11)9-14;1-8(13)2-3-9-4-5-11(14)10(6-9)7-12;11-6-8-1-2-9(3-4-14-13)10(5-8)7-12;1-3(2)4;1-2;/h2-5,8,14,16H,6-7,9H2,1H3;2-6,12,14H,7H2,1H3;1-2,5-6,12-13H,3-4,7H2;1-2H3;2H,1H3;1H/b2*3-2+;;;;. The van der Waals surface area contributed by atoms with Crippen LogP contribution in [0.15, 0.2) is 66.7 Å². The molecule has 3 aromatic rings. The fourth-order valence-corrected chi connectivity index (χ4v) is 3.82. The van der Waals surface area contributed by atoms with Gasteiger partial charge in [-0.25, -0.2) is 9.78 Å². The number of phenols is 1. The zero-order valence-electron chi connectivity index (χ0n) is 30.0. The lowest BCUT2D eigenvalue weighted by Crippen LogP contribution is -2.00. The van der Waals surface area contributed by atoms with Crippen molar-refractivity contribution in [3.63, 3.8) is 0 Å². The number of hydrogen-bond donors (Lipinski definition) is 7. The van der Waals surface area contributed by atoms with Crippen LogP contribution >= 0.6 is 12.4 Å². The SMILES string of the molecule is CC(=O)/C=C/c1ccc(CCOO)c(CO)c1.CC(=O)/C=C/c1ccc(O)c(CO)c1.CC(C)=O.CO.Cl.O=Cc1ccc(CCOO)c(CO)c1. The first-order valence-corrected chi connectivity index (χ1v) is 15.5. The molecule has 0 fully saturated rings. The highest BCUT2D eigenvalue weighted by Crippen LogP contribution is 2.19. The average molecular weight is 751 g/mol. The van der Waals surface area contributed by atoms with Gasteiger partial charge in [0, 0.05) is 18.2 Å². The fraction of sp³-hybridized carbons (Fsp3) is 0.316. The molecule has 0 amide bonds. The van der Waals surface area contributed by atoms with Gasteiger partial charge >= 0.3 is 0 Å². The van der Waals surface area contributed by atoms with Crippen LogP contribution in [-0.2, 0) is 56.8 Å². The number of hydrogen-bond acceptors (Lipinski definition) is 13. The van der Waals surface area contributed by atoms with E-state index in [0.717, 1.165) is 41.2 Å². The molecular weight excluding hydrogens is 700 g/mol. The summed E-state index contributed by atoms with van der Waals surface area (Å²) in [4.78, 5) is 49.3. The molecule has 0 radical (unpaired) electrons. The Morgan fingerprint density at radius 2 is 0.942 bits per heavy atom. The summed E-state index contributed by atoms with van der Waals surface area (Å²) in [6, 6.07) is 15.3. The minimum atomic E-state index is -0.215. The molecule has 52 heavy (non-hydrogen) atoms. The molecule has 3 rings (SSSR count). The number of carbonyl (C=O) groups excluding carboxylic acids is 4. The molecule has 0 aromatic heterocycles. The molecule has 7 N–H and O–H groups in total. The number of ketones is 3. The average Bonchev–Trinajstić information content (AvgIpc) is 3.13. The van der Waals surface area contributed by atoms with E-state index in [-0.39, 0.29) is 68.5 Å². The van der Waals surface area contributed by atoms with Gasteiger partial charge in [-0.1, -0.05) is 42.5 Å². The van der Waals surface area contributed by atoms with Crippen molar-refractivity contribution >= 4 is 48.2 Å². The third kappa shape index (κ3) is 24.7. The number of halogens is 1. The molecule has 0 aliphatic carbocycles. The van der Waals surface area contributed by atoms with Gasteiger partial charge in [0.2, 0.25) is 0 Å². The van der Waals surface area contributed by atoms with Crippen LogP contribution in [0.3, 0.4) is 0 Å². The second-order valence-corrected chi connectivity index (χ2v) is 10.5. The monoisotopic (exact) mass is 750 g/mol. The van der Waals surface area contributed by atoms with Gasteiger partial charge in [-0.05, 0) is 110 Å². The summed E-state index contributed by atoms with van der Waals surface area (Å²) in [7, 11) is 1.00. The Morgan fingerprint density at radius 3 is 1.29 bits per heavy atom. The van der Waals surface area contributed by atoms with Crippen LogP contribution in [0.2, 0.25) is 0 Å². The van der Waals surface area contributed by atoms with E-state index in [1.54, 1.807) is 42.5 Å². The maximum atomic E-state index is 10.8. The smallest absolute Gasteiger partial charge is 0.152 e. The minimum absolute atomic E-state index is 0. The molecule has 0 saturated heterocycles. The van der Waals surface area contributed by atoms with Gasteiger partial charge in [0.05, 0.1) is 33.0 Å². The lowest BCUT2D eigenvalue weighted by molar-refractivity contribution is -0.241. The van der Waals surface area contributed by atoms with Crippen LogP contribution in [0.5, 0.6) is 5.75 Å². The van der Waals surface area contributed by atoms with E-state index >= 15 is 0 Å². The van der Waals surface area contributed by atoms with E-state index in [4.69, 9.17) is 25.8 Å². The van der Waals surface area contributed by atoms with E-state index in [0.29, 0.717) is 29.5 Å². The number of rotatable bonds is 14. The lowest BCUT2D eigenvalue weighted by atomic mass is 10.0. The molecule has 0 aliphatic heterocycles. The zero-order valence-corrected chi connectivity index (χ0v) is 30.8. The quantitative estimate of drug-likeness (QED) is 0.0502. The Hall–Kier alpha value is -4.41. The first kappa shape index (κ1) is 52.0. The molecular formula is C38H51ClO13. The van der Waals surface area contributed by atoms with Gasteiger partial charge in [-0.2, -0.15) is 0 Å². The van der Waals surface area contributed by atoms with Gasteiger partial charge in [0.25, 0.3) is 0 Å². The van der Waals surface area contributed by atoms with Crippen molar-refractivity contribution in [3.05, 3.63) is 111 Å². The van der Waals surface area contributed by atoms with Gasteiger partial charge in [0.15, 0.2) is 11.6 Å². The van der Waals surface area contributed by atoms with Crippen molar-refractivity contribution in [1.82, 2.24) is 0 Å². The minimum Gasteiger partial charge on any atom is -0.508 e. The number of allylic oxidation sites excluding steroid dienone is 2. The molecule has 0 saturated carbocycles. The second kappa shape index (κ2) is 32.5. The number of benzene rings is 3. The Morgan fingerprint density at radius 1 is 0.596 bits per heavy atom. The van der Waals surface area contributed by atoms with Crippen molar-refractivity contribution in [1.29, 1.82) is 0 Å². The molecule has 14 heteroatoms. The van der Waals surface area contributed by atoms with E-state index in [9.17, 15) is 29.4 Å². The Balaban J connectivity index is -0.000000639. The van der Waals surface area contributed by atoms with Crippen LogP contribution < -0.4 is 0 Å². The van der Waals surface area contributed by atoms with Crippen molar-refractivity contribution < 1.29 is 65.0 Å². The number of aldehydes is 1. The molecule has 0 aliphatic rings.